The second kappa shape index (κ2) is 6.82. The third kappa shape index (κ3) is 3.42. The predicted octanol–water partition coefficient (Wildman–Crippen LogP) is 3.65. The number of carboxylic acid groups (broad SMARTS) is 1. The van der Waals surface area contributed by atoms with Crippen molar-refractivity contribution >= 4 is 11.9 Å². The van der Waals surface area contributed by atoms with Gasteiger partial charge in [0.2, 0.25) is 0 Å². The molecule has 0 aliphatic carbocycles. The minimum Gasteiger partial charge on any atom is -0.481 e. The maximum Gasteiger partial charge on any atom is 0.417 e. The van der Waals surface area contributed by atoms with Gasteiger partial charge in [0.25, 0.3) is 5.91 Å². The molecule has 1 saturated heterocycles. The van der Waals surface area contributed by atoms with Crippen LogP contribution in [0.1, 0.15) is 27.4 Å². The van der Waals surface area contributed by atoms with Gasteiger partial charge in [-0.05, 0) is 17.7 Å². The summed E-state index contributed by atoms with van der Waals surface area (Å²) >= 11 is 0. The molecule has 136 valence electrons. The zero-order valence-electron chi connectivity index (χ0n) is 13.6. The Morgan fingerprint density at radius 2 is 1.58 bits per heavy atom. The Balaban J connectivity index is 1.92. The number of carbonyl (C=O) groups is 2. The van der Waals surface area contributed by atoms with Crippen molar-refractivity contribution in [3.8, 4) is 0 Å². The van der Waals surface area contributed by atoms with E-state index in [1.165, 1.54) is 17.0 Å². The first-order chi connectivity index (χ1) is 12.3. The molecule has 1 aliphatic heterocycles. The van der Waals surface area contributed by atoms with Gasteiger partial charge in [0.15, 0.2) is 0 Å². The number of hydrogen-bond donors (Lipinski definition) is 1. The van der Waals surface area contributed by atoms with Crippen LogP contribution in [0.5, 0.6) is 0 Å². The van der Waals surface area contributed by atoms with Gasteiger partial charge in [-0.25, -0.2) is 0 Å². The molecule has 2 aromatic carbocycles. The van der Waals surface area contributed by atoms with Crippen molar-refractivity contribution in [2.24, 2.45) is 5.92 Å². The summed E-state index contributed by atoms with van der Waals surface area (Å²) in [5, 5.41) is 9.48. The molecule has 1 fully saturated rings. The van der Waals surface area contributed by atoms with Crippen LogP contribution >= 0.6 is 0 Å². The van der Waals surface area contributed by atoms with Crippen LogP contribution in [-0.4, -0.2) is 35.0 Å². The van der Waals surface area contributed by atoms with E-state index in [-0.39, 0.29) is 13.1 Å². The van der Waals surface area contributed by atoms with Crippen LogP contribution < -0.4 is 0 Å². The second-order valence-electron chi connectivity index (χ2n) is 6.22. The van der Waals surface area contributed by atoms with Gasteiger partial charge >= 0.3 is 12.1 Å². The lowest BCUT2D eigenvalue weighted by molar-refractivity contribution is -0.141. The van der Waals surface area contributed by atoms with Crippen molar-refractivity contribution in [2.45, 2.75) is 12.1 Å². The van der Waals surface area contributed by atoms with Crippen LogP contribution in [0.15, 0.2) is 54.6 Å². The number of amides is 1. The summed E-state index contributed by atoms with van der Waals surface area (Å²) in [7, 11) is 0. The molecule has 0 saturated carbocycles. The van der Waals surface area contributed by atoms with Gasteiger partial charge in [0.1, 0.15) is 0 Å². The average Bonchev–Trinajstić information content (AvgIpc) is 3.07. The van der Waals surface area contributed by atoms with Crippen LogP contribution in [0.4, 0.5) is 13.2 Å². The lowest BCUT2D eigenvalue weighted by atomic mass is 9.89. The number of aliphatic carboxylic acids is 1. The van der Waals surface area contributed by atoms with Crippen LogP contribution in [0.2, 0.25) is 0 Å². The summed E-state index contributed by atoms with van der Waals surface area (Å²) in [6, 6.07) is 13.4. The number of nitrogens with zero attached hydrogens (tertiary/aromatic N) is 1. The Kier molecular flexibility index (Phi) is 4.71. The summed E-state index contributed by atoms with van der Waals surface area (Å²) in [4.78, 5) is 25.5. The number of rotatable bonds is 3. The highest BCUT2D eigenvalue weighted by atomic mass is 19.4. The lowest BCUT2D eigenvalue weighted by Gasteiger charge is -2.19. The first kappa shape index (κ1) is 18.0. The summed E-state index contributed by atoms with van der Waals surface area (Å²) in [5.41, 5.74) is -0.725. The first-order valence-electron chi connectivity index (χ1n) is 8.02. The molecular weight excluding hydrogens is 347 g/mol. The highest BCUT2D eigenvalue weighted by Crippen LogP contribution is 2.36. The van der Waals surface area contributed by atoms with E-state index in [0.717, 1.165) is 17.7 Å². The molecule has 26 heavy (non-hydrogen) atoms. The van der Waals surface area contributed by atoms with Gasteiger partial charge in [-0.2, -0.15) is 13.2 Å². The number of halogens is 3. The van der Waals surface area contributed by atoms with E-state index in [0.29, 0.717) is 0 Å². The Morgan fingerprint density at radius 1 is 0.962 bits per heavy atom. The molecule has 4 nitrogen and oxygen atoms in total. The SMILES string of the molecule is O=C(O)[C@@H]1CN(C(=O)c2ccccc2C(F)(F)F)C[C@@H]1c1ccccc1. The van der Waals surface area contributed by atoms with Gasteiger partial charge in [-0.15, -0.1) is 0 Å². The summed E-state index contributed by atoms with van der Waals surface area (Å²) in [6.45, 7) is -0.0636. The summed E-state index contributed by atoms with van der Waals surface area (Å²) in [6.07, 6.45) is -4.66. The number of benzene rings is 2. The summed E-state index contributed by atoms with van der Waals surface area (Å²) < 4.78 is 39.5. The number of hydrogen-bond acceptors (Lipinski definition) is 2. The van der Waals surface area contributed by atoms with Crippen molar-refractivity contribution in [1.82, 2.24) is 4.90 Å². The molecule has 0 spiro atoms. The minimum atomic E-state index is -4.66. The van der Waals surface area contributed by atoms with E-state index in [1.54, 1.807) is 30.3 Å². The van der Waals surface area contributed by atoms with Gasteiger partial charge in [0, 0.05) is 19.0 Å². The molecule has 2 atom stereocenters. The molecule has 0 bridgehead atoms. The van der Waals surface area contributed by atoms with Crippen molar-refractivity contribution in [2.75, 3.05) is 13.1 Å². The molecule has 7 heteroatoms. The van der Waals surface area contributed by atoms with E-state index < -0.39 is 41.0 Å². The van der Waals surface area contributed by atoms with Crippen molar-refractivity contribution in [3.63, 3.8) is 0 Å². The van der Waals surface area contributed by atoms with E-state index >= 15 is 0 Å². The molecule has 3 rings (SSSR count). The van der Waals surface area contributed by atoms with Crippen molar-refractivity contribution in [1.29, 1.82) is 0 Å². The highest BCUT2D eigenvalue weighted by molar-refractivity contribution is 5.96. The van der Waals surface area contributed by atoms with Gasteiger partial charge in [0.05, 0.1) is 17.0 Å². The van der Waals surface area contributed by atoms with E-state index in [4.69, 9.17) is 0 Å². The molecule has 1 N–H and O–H groups in total. The molecule has 1 amide bonds. The molecule has 0 radical (unpaired) electrons. The number of carbonyl (C=O) groups excluding carboxylic acids is 1. The van der Waals surface area contributed by atoms with E-state index in [2.05, 4.69) is 0 Å². The quantitative estimate of drug-likeness (QED) is 0.906. The Bertz CT molecular complexity index is 820. The third-order valence-electron chi connectivity index (χ3n) is 4.61. The molecule has 0 unspecified atom stereocenters. The Hall–Kier alpha value is -2.83. The van der Waals surface area contributed by atoms with E-state index in [9.17, 15) is 27.9 Å². The topological polar surface area (TPSA) is 57.6 Å². The molecule has 0 aromatic heterocycles. The van der Waals surface area contributed by atoms with Gasteiger partial charge in [-0.1, -0.05) is 42.5 Å². The van der Waals surface area contributed by atoms with Gasteiger partial charge < -0.3 is 10.0 Å². The first-order valence-corrected chi connectivity index (χ1v) is 8.02. The fourth-order valence-corrected chi connectivity index (χ4v) is 3.35. The average molecular weight is 363 g/mol. The molecular formula is C19H16F3NO3. The minimum absolute atomic E-state index is 0.0615. The van der Waals surface area contributed by atoms with Crippen LogP contribution in [0, 0.1) is 5.92 Å². The highest BCUT2D eigenvalue weighted by Gasteiger charge is 2.42. The fourth-order valence-electron chi connectivity index (χ4n) is 3.35. The number of carboxylic acids is 1. The third-order valence-corrected chi connectivity index (χ3v) is 4.61. The van der Waals surface area contributed by atoms with Crippen molar-refractivity contribution in [3.05, 3.63) is 71.3 Å². The number of alkyl halides is 3. The molecule has 2 aromatic rings. The fraction of sp³-hybridized carbons (Fsp3) is 0.263. The standard InChI is InChI=1S/C19H16F3NO3/c20-19(21,22)16-9-5-4-8-13(16)17(24)23-10-14(15(11-23)18(25)26)12-6-2-1-3-7-12/h1-9,14-15H,10-11H2,(H,25,26)/t14-,15-/m1/s1. The van der Waals surface area contributed by atoms with Crippen molar-refractivity contribution < 1.29 is 27.9 Å². The predicted molar refractivity (Wildman–Crippen MR) is 87.7 cm³/mol. The van der Waals surface area contributed by atoms with Crippen LogP contribution in [0.25, 0.3) is 0 Å². The second-order valence-corrected chi connectivity index (χ2v) is 6.22. The zero-order valence-corrected chi connectivity index (χ0v) is 13.6. The summed E-state index contributed by atoms with van der Waals surface area (Å²) in [5.74, 6) is -3.20. The van der Waals surface area contributed by atoms with Crippen LogP contribution in [-0.2, 0) is 11.0 Å². The number of likely N-dealkylation sites (tertiary alicyclic amines) is 1. The normalized spacial score (nSPS) is 20.2. The maximum absolute atomic E-state index is 13.2. The maximum atomic E-state index is 13.2. The molecule has 1 aliphatic rings. The Morgan fingerprint density at radius 3 is 2.19 bits per heavy atom. The zero-order chi connectivity index (χ0) is 18.9. The van der Waals surface area contributed by atoms with E-state index in [1.807, 2.05) is 0 Å². The molecule has 1 heterocycles. The van der Waals surface area contributed by atoms with Gasteiger partial charge in [-0.3, -0.25) is 9.59 Å². The van der Waals surface area contributed by atoms with Crippen LogP contribution in [0.3, 0.4) is 0 Å². The largest absolute Gasteiger partial charge is 0.481 e. The Labute approximate surface area is 147 Å². The monoisotopic (exact) mass is 363 g/mol. The smallest absolute Gasteiger partial charge is 0.417 e. The lowest BCUT2D eigenvalue weighted by Crippen LogP contribution is -2.31.